The monoisotopic (exact) mass is 202 g/mol. The van der Waals surface area contributed by atoms with Crippen LogP contribution in [0.25, 0.3) is 0 Å². The minimum absolute atomic E-state index is 0.123. The van der Waals surface area contributed by atoms with E-state index < -0.39 is 10.0 Å². The fourth-order valence-electron chi connectivity index (χ4n) is 1.75. The molecule has 1 rings (SSSR count). The topological polar surface area (TPSA) is 61.2 Å². The molecule has 1 heterocycles. The summed E-state index contributed by atoms with van der Waals surface area (Å²) in [6.45, 7) is 2.56. The predicted octanol–water partition coefficient (Wildman–Crippen LogP) is 0.714. The molecule has 13 heavy (non-hydrogen) atoms. The predicted molar refractivity (Wildman–Crippen MR) is 49.4 cm³/mol. The van der Waals surface area contributed by atoms with E-state index in [4.69, 9.17) is 5.26 Å². The summed E-state index contributed by atoms with van der Waals surface area (Å²) in [6, 6.07) is 1.82. The SMILES string of the molecule is CCC1CCCN1S(=O)(=O)CC#N. The lowest BCUT2D eigenvalue weighted by molar-refractivity contribution is 0.381. The lowest BCUT2D eigenvalue weighted by atomic mass is 10.2. The van der Waals surface area contributed by atoms with E-state index in [2.05, 4.69) is 0 Å². The van der Waals surface area contributed by atoms with E-state index in [1.54, 1.807) is 6.07 Å². The molecule has 4 nitrogen and oxygen atoms in total. The molecule has 0 saturated carbocycles. The third kappa shape index (κ3) is 2.20. The second-order valence-electron chi connectivity index (χ2n) is 3.23. The van der Waals surface area contributed by atoms with Crippen molar-refractivity contribution in [1.82, 2.24) is 4.31 Å². The minimum Gasteiger partial charge on any atom is -0.211 e. The van der Waals surface area contributed by atoms with Crippen LogP contribution in [-0.4, -0.2) is 31.1 Å². The zero-order valence-corrected chi connectivity index (χ0v) is 8.55. The van der Waals surface area contributed by atoms with Gasteiger partial charge in [0.2, 0.25) is 10.0 Å². The number of nitrogens with zero attached hydrogens (tertiary/aromatic N) is 2. The van der Waals surface area contributed by atoms with E-state index in [0.717, 1.165) is 19.3 Å². The van der Waals surface area contributed by atoms with E-state index in [1.807, 2.05) is 6.92 Å². The lowest BCUT2D eigenvalue weighted by Crippen LogP contribution is -2.36. The molecule has 0 aromatic rings. The Kier molecular flexibility index (Phi) is 3.28. The molecular weight excluding hydrogens is 188 g/mol. The van der Waals surface area contributed by atoms with Crippen molar-refractivity contribution in [1.29, 1.82) is 5.26 Å². The zero-order valence-electron chi connectivity index (χ0n) is 7.73. The van der Waals surface area contributed by atoms with Gasteiger partial charge >= 0.3 is 0 Å². The molecular formula is C8H14N2O2S. The molecule has 1 saturated heterocycles. The highest BCUT2D eigenvalue weighted by Crippen LogP contribution is 2.23. The van der Waals surface area contributed by atoms with Gasteiger partial charge in [-0.2, -0.15) is 9.57 Å². The van der Waals surface area contributed by atoms with Crippen molar-refractivity contribution >= 4 is 10.0 Å². The number of nitriles is 1. The van der Waals surface area contributed by atoms with Crippen molar-refractivity contribution in [3.63, 3.8) is 0 Å². The molecule has 0 spiro atoms. The number of sulfonamides is 1. The van der Waals surface area contributed by atoms with E-state index in [9.17, 15) is 8.42 Å². The highest BCUT2D eigenvalue weighted by Gasteiger charge is 2.32. The minimum atomic E-state index is -3.30. The van der Waals surface area contributed by atoms with Crippen LogP contribution >= 0.6 is 0 Å². The molecule has 1 aliphatic rings. The quantitative estimate of drug-likeness (QED) is 0.677. The van der Waals surface area contributed by atoms with Gasteiger partial charge in [0.25, 0.3) is 0 Å². The summed E-state index contributed by atoms with van der Waals surface area (Å²) in [5, 5.41) is 8.37. The van der Waals surface area contributed by atoms with Crippen LogP contribution in [0.3, 0.4) is 0 Å². The fraction of sp³-hybridized carbons (Fsp3) is 0.875. The Morgan fingerprint density at radius 2 is 2.31 bits per heavy atom. The first kappa shape index (κ1) is 10.5. The molecule has 1 unspecified atom stereocenters. The molecule has 74 valence electrons. The van der Waals surface area contributed by atoms with Gasteiger partial charge in [0.05, 0.1) is 6.07 Å². The molecule has 0 aromatic carbocycles. The summed E-state index contributed by atoms with van der Waals surface area (Å²) in [4.78, 5) is 0. The van der Waals surface area contributed by atoms with Gasteiger partial charge in [0, 0.05) is 12.6 Å². The van der Waals surface area contributed by atoms with Crippen molar-refractivity contribution in [3.05, 3.63) is 0 Å². The van der Waals surface area contributed by atoms with Crippen molar-refractivity contribution in [2.24, 2.45) is 0 Å². The number of rotatable bonds is 3. The maximum atomic E-state index is 11.5. The van der Waals surface area contributed by atoms with Crippen LogP contribution in [0.1, 0.15) is 26.2 Å². The highest BCUT2D eigenvalue weighted by atomic mass is 32.2. The van der Waals surface area contributed by atoms with E-state index in [-0.39, 0.29) is 11.8 Å². The van der Waals surface area contributed by atoms with Crippen LogP contribution in [0.4, 0.5) is 0 Å². The Morgan fingerprint density at radius 3 is 2.85 bits per heavy atom. The molecule has 0 amide bonds. The molecule has 0 aliphatic carbocycles. The third-order valence-electron chi connectivity index (χ3n) is 2.40. The maximum Gasteiger partial charge on any atom is 0.227 e. The lowest BCUT2D eigenvalue weighted by Gasteiger charge is -2.21. The summed E-state index contributed by atoms with van der Waals surface area (Å²) in [6.07, 6.45) is 2.69. The van der Waals surface area contributed by atoms with Gasteiger partial charge in [-0.1, -0.05) is 6.92 Å². The second kappa shape index (κ2) is 4.07. The largest absolute Gasteiger partial charge is 0.227 e. The standard InChI is InChI=1S/C8H14N2O2S/c1-2-8-4-3-6-10(8)13(11,12)7-5-9/h8H,2-4,6-7H2,1H3. The van der Waals surface area contributed by atoms with Crippen molar-refractivity contribution in [3.8, 4) is 6.07 Å². The first-order valence-electron chi connectivity index (χ1n) is 4.48. The first-order valence-corrected chi connectivity index (χ1v) is 6.09. The van der Waals surface area contributed by atoms with Crippen molar-refractivity contribution in [2.45, 2.75) is 32.2 Å². The van der Waals surface area contributed by atoms with Crippen LogP contribution in [-0.2, 0) is 10.0 Å². The van der Waals surface area contributed by atoms with Gasteiger partial charge in [-0.15, -0.1) is 0 Å². The summed E-state index contributed by atoms with van der Waals surface area (Å²) in [5.41, 5.74) is 0. The summed E-state index contributed by atoms with van der Waals surface area (Å²) in [5.74, 6) is -0.385. The Balaban J connectivity index is 2.77. The first-order chi connectivity index (χ1) is 6.11. The van der Waals surface area contributed by atoms with Crippen LogP contribution in [0.15, 0.2) is 0 Å². The van der Waals surface area contributed by atoms with Gasteiger partial charge < -0.3 is 0 Å². The molecule has 1 aliphatic heterocycles. The Morgan fingerprint density at radius 1 is 1.62 bits per heavy atom. The second-order valence-corrected chi connectivity index (χ2v) is 5.15. The molecule has 1 atom stereocenters. The summed E-state index contributed by atoms with van der Waals surface area (Å²) >= 11 is 0. The molecule has 5 heteroatoms. The fourth-order valence-corrected chi connectivity index (χ4v) is 3.19. The van der Waals surface area contributed by atoms with E-state index in [0.29, 0.717) is 6.54 Å². The zero-order chi connectivity index (χ0) is 9.90. The van der Waals surface area contributed by atoms with Gasteiger partial charge in [0.1, 0.15) is 0 Å². The molecule has 0 aromatic heterocycles. The molecule has 0 radical (unpaired) electrons. The molecule has 0 bridgehead atoms. The van der Waals surface area contributed by atoms with E-state index in [1.165, 1.54) is 4.31 Å². The van der Waals surface area contributed by atoms with E-state index >= 15 is 0 Å². The van der Waals surface area contributed by atoms with Gasteiger partial charge in [-0.3, -0.25) is 0 Å². The Bertz CT molecular complexity index is 305. The average Bonchev–Trinajstić information content (AvgIpc) is 2.51. The van der Waals surface area contributed by atoms with Crippen LogP contribution in [0, 0.1) is 11.3 Å². The summed E-state index contributed by atoms with van der Waals surface area (Å²) in [7, 11) is -3.30. The normalized spacial score (nSPS) is 24.5. The van der Waals surface area contributed by atoms with Gasteiger partial charge in [-0.25, -0.2) is 8.42 Å². The number of hydrogen-bond acceptors (Lipinski definition) is 3. The Labute approximate surface area is 79.2 Å². The van der Waals surface area contributed by atoms with Gasteiger partial charge in [-0.05, 0) is 19.3 Å². The van der Waals surface area contributed by atoms with Gasteiger partial charge in [0.15, 0.2) is 5.75 Å². The maximum absolute atomic E-state index is 11.5. The van der Waals surface area contributed by atoms with Crippen molar-refractivity contribution < 1.29 is 8.42 Å². The smallest absolute Gasteiger partial charge is 0.211 e. The highest BCUT2D eigenvalue weighted by molar-refractivity contribution is 7.89. The van der Waals surface area contributed by atoms with Crippen molar-refractivity contribution in [2.75, 3.05) is 12.3 Å². The average molecular weight is 202 g/mol. The van der Waals surface area contributed by atoms with Crippen LogP contribution in [0.2, 0.25) is 0 Å². The Hall–Kier alpha value is -0.600. The molecule has 1 fully saturated rings. The third-order valence-corrected chi connectivity index (χ3v) is 4.09. The number of hydrogen-bond donors (Lipinski definition) is 0. The van der Waals surface area contributed by atoms with Crippen LogP contribution < -0.4 is 0 Å². The molecule has 0 N–H and O–H groups in total. The van der Waals surface area contributed by atoms with Crippen LogP contribution in [0.5, 0.6) is 0 Å². The summed E-state index contributed by atoms with van der Waals surface area (Å²) < 4.78 is 24.5.